The van der Waals surface area contributed by atoms with E-state index in [2.05, 4.69) is 46.5 Å². The minimum Gasteiger partial charge on any atom is -0.474 e. The van der Waals surface area contributed by atoms with E-state index in [1.54, 1.807) is 6.92 Å². The third-order valence-corrected chi connectivity index (χ3v) is 4.34. The van der Waals surface area contributed by atoms with Gasteiger partial charge in [0.1, 0.15) is 5.60 Å². The van der Waals surface area contributed by atoms with Gasteiger partial charge in [-0.1, -0.05) is 34.6 Å². The number of rotatable bonds is 7. The normalized spacial score (nSPS) is 14.5. The Kier molecular flexibility index (Phi) is 6.52. The van der Waals surface area contributed by atoms with E-state index in [0.29, 0.717) is 5.88 Å². The zero-order chi connectivity index (χ0) is 17.1. The van der Waals surface area contributed by atoms with E-state index in [9.17, 15) is 4.79 Å². The van der Waals surface area contributed by atoms with Gasteiger partial charge in [0.05, 0.1) is 6.04 Å². The summed E-state index contributed by atoms with van der Waals surface area (Å²) in [6, 6.07) is -0.235. The summed E-state index contributed by atoms with van der Waals surface area (Å²) in [6.45, 7) is 22.6. The van der Waals surface area contributed by atoms with E-state index in [1.807, 2.05) is 20.8 Å². The van der Waals surface area contributed by atoms with Crippen molar-refractivity contribution in [1.29, 1.82) is 0 Å². The lowest BCUT2D eigenvalue weighted by Gasteiger charge is -2.40. The second kappa shape index (κ2) is 6.85. The van der Waals surface area contributed by atoms with E-state index in [0.717, 1.165) is 12.8 Å². The Balaban J connectivity index is 4.67. The Bertz CT molecular complexity index is 370. The summed E-state index contributed by atoms with van der Waals surface area (Å²) in [5, 5.41) is 3.13. The van der Waals surface area contributed by atoms with Crippen LogP contribution in [0.2, 0.25) is 0 Å². The quantitative estimate of drug-likeness (QED) is 0.694. The summed E-state index contributed by atoms with van der Waals surface area (Å²) < 4.78 is 5.66. The van der Waals surface area contributed by atoms with E-state index in [4.69, 9.17) is 4.74 Å². The first-order valence-corrected chi connectivity index (χ1v) is 7.81. The average molecular weight is 297 g/mol. The fraction of sp³-hybridized carbons (Fsp3) is 0.833. The lowest BCUT2D eigenvalue weighted by molar-refractivity contribution is -0.119. The standard InChI is InChI=1S/C18H35NO2/c1-13(20)15(19-14(2)21-17(6,7)8)11-12-18(9,10)16(3,4)5/h15,19H,2,11-12H2,1,3-10H3. The molecular weight excluding hydrogens is 262 g/mol. The fourth-order valence-corrected chi connectivity index (χ4v) is 1.85. The molecule has 0 aromatic heterocycles. The van der Waals surface area contributed by atoms with Crippen LogP contribution in [0.5, 0.6) is 0 Å². The number of ether oxygens (including phenoxy) is 1. The third-order valence-electron chi connectivity index (χ3n) is 4.34. The molecular formula is C18H35NO2. The Morgan fingerprint density at radius 2 is 1.57 bits per heavy atom. The summed E-state index contributed by atoms with van der Waals surface area (Å²) in [6.07, 6.45) is 1.75. The van der Waals surface area contributed by atoms with Gasteiger partial charge < -0.3 is 10.1 Å². The van der Waals surface area contributed by atoms with Crippen LogP contribution in [0.1, 0.15) is 75.2 Å². The zero-order valence-electron chi connectivity index (χ0n) is 15.5. The Hall–Kier alpha value is -0.990. The van der Waals surface area contributed by atoms with Crippen molar-refractivity contribution in [1.82, 2.24) is 5.32 Å². The molecule has 0 aromatic rings. The van der Waals surface area contributed by atoms with Crippen LogP contribution < -0.4 is 5.32 Å². The molecule has 0 fully saturated rings. The van der Waals surface area contributed by atoms with Crippen molar-refractivity contribution in [2.45, 2.75) is 86.8 Å². The van der Waals surface area contributed by atoms with Gasteiger partial charge in [0.2, 0.25) is 0 Å². The van der Waals surface area contributed by atoms with Gasteiger partial charge in [-0.25, -0.2) is 0 Å². The monoisotopic (exact) mass is 297 g/mol. The number of Topliss-reactive ketones (excluding diaryl/α,β-unsaturated/α-hetero) is 1. The molecule has 0 amide bonds. The molecule has 3 heteroatoms. The van der Waals surface area contributed by atoms with Gasteiger partial charge in [0.15, 0.2) is 11.7 Å². The van der Waals surface area contributed by atoms with Gasteiger partial charge in [-0.2, -0.15) is 0 Å². The Morgan fingerprint density at radius 1 is 1.10 bits per heavy atom. The molecule has 1 unspecified atom stereocenters. The van der Waals surface area contributed by atoms with Gasteiger partial charge >= 0.3 is 0 Å². The maximum atomic E-state index is 11.9. The fourth-order valence-electron chi connectivity index (χ4n) is 1.85. The number of hydrogen-bond donors (Lipinski definition) is 1. The molecule has 0 saturated carbocycles. The molecule has 0 aliphatic rings. The molecule has 1 N–H and O–H groups in total. The first kappa shape index (κ1) is 20.0. The molecule has 0 aromatic carbocycles. The predicted molar refractivity (Wildman–Crippen MR) is 90.1 cm³/mol. The molecule has 1 atom stereocenters. The molecule has 0 rings (SSSR count). The van der Waals surface area contributed by atoms with Gasteiger partial charge in [0.25, 0.3) is 0 Å². The van der Waals surface area contributed by atoms with Gasteiger partial charge in [0, 0.05) is 0 Å². The zero-order valence-corrected chi connectivity index (χ0v) is 15.5. The van der Waals surface area contributed by atoms with Crippen molar-refractivity contribution < 1.29 is 9.53 Å². The van der Waals surface area contributed by atoms with Gasteiger partial charge in [-0.05, 0) is 57.9 Å². The summed E-state index contributed by atoms with van der Waals surface area (Å²) in [5.41, 5.74) is 0.0535. The van der Waals surface area contributed by atoms with Gasteiger partial charge in [-0.15, -0.1) is 0 Å². The van der Waals surface area contributed by atoms with Gasteiger partial charge in [-0.3, -0.25) is 4.79 Å². The van der Waals surface area contributed by atoms with Crippen LogP contribution in [0, 0.1) is 10.8 Å². The summed E-state index contributed by atoms with van der Waals surface area (Å²) >= 11 is 0. The van der Waals surface area contributed by atoms with Crippen LogP contribution in [0.15, 0.2) is 12.5 Å². The lowest BCUT2D eigenvalue weighted by Crippen LogP contribution is -2.39. The van der Waals surface area contributed by atoms with Crippen LogP contribution in [0.4, 0.5) is 0 Å². The molecule has 0 saturated heterocycles. The highest BCUT2D eigenvalue weighted by atomic mass is 16.5. The van der Waals surface area contributed by atoms with Crippen molar-refractivity contribution in [2.75, 3.05) is 0 Å². The number of carbonyl (C=O) groups excluding carboxylic acids is 1. The Labute approximate surface area is 131 Å². The largest absolute Gasteiger partial charge is 0.474 e. The number of nitrogens with one attached hydrogen (secondary N) is 1. The average Bonchev–Trinajstić information content (AvgIpc) is 2.19. The van der Waals surface area contributed by atoms with Crippen molar-refractivity contribution in [3.63, 3.8) is 0 Å². The molecule has 0 radical (unpaired) electrons. The molecule has 0 aliphatic carbocycles. The van der Waals surface area contributed by atoms with Crippen LogP contribution in [0.3, 0.4) is 0 Å². The minimum absolute atomic E-state index is 0.123. The molecule has 3 nitrogen and oxygen atoms in total. The molecule has 0 bridgehead atoms. The number of hydrogen-bond acceptors (Lipinski definition) is 3. The first-order valence-electron chi connectivity index (χ1n) is 7.81. The second-order valence-electron chi connectivity index (χ2n) is 8.62. The van der Waals surface area contributed by atoms with Crippen LogP contribution in [-0.4, -0.2) is 17.4 Å². The van der Waals surface area contributed by atoms with Crippen molar-refractivity contribution in [2.24, 2.45) is 10.8 Å². The molecule has 21 heavy (non-hydrogen) atoms. The number of ketones is 1. The van der Waals surface area contributed by atoms with Crippen molar-refractivity contribution in [3.05, 3.63) is 12.5 Å². The van der Waals surface area contributed by atoms with Crippen molar-refractivity contribution >= 4 is 5.78 Å². The van der Waals surface area contributed by atoms with Crippen LogP contribution in [0.25, 0.3) is 0 Å². The maximum absolute atomic E-state index is 11.9. The first-order chi connectivity index (χ1) is 9.16. The lowest BCUT2D eigenvalue weighted by atomic mass is 9.66. The smallest absolute Gasteiger partial charge is 0.180 e. The third kappa shape index (κ3) is 7.54. The molecule has 124 valence electrons. The number of carbonyl (C=O) groups is 1. The summed E-state index contributed by atoms with van der Waals surface area (Å²) in [7, 11) is 0. The predicted octanol–water partition coefficient (Wildman–Crippen LogP) is 4.67. The van der Waals surface area contributed by atoms with Crippen LogP contribution in [-0.2, 0) is 9.53 Å². The highest BCUT2D eigenvalue weighted by Crippen LogP contribution is 2.41. The minimum atomic E-state index is -0.309. The Morgan fingerprint density at radius 3 is 1.90 bits per heavy atom. The topological polar surface area (TPSA) is 38.3 Å². The van der Waals surface area contributed by atoms with E-state index in [1.165, 1.54) is 0 Å². The van der Waals surface area contributed by atoms with E-state index >= 15 is 0 Å². The summed E-state index contributed by atoms with van der Waals surface area (Å²) in [4.78, 5) is 11.9. The molecule has 0 aliphatic heterocycles. The molecule has 0 spiro atoms. The van der Waals surface area contributed by atoms with E-state index < -0.39 is 0 Å². The van der Waals surface area contributed by atoms with E-state index in [-0.39, 0.29) is 28.3 Å². The maximum Gasteiger partial charge on any atom is 0.180 e. The highest BCUT2D eigenvalue weighted by molar-refractivity contribution is 5.81. The summed E-state index contributed by atoms with van der Waals surface area (Å²) in [5.74, 6) is 0.592. The van der Waals surface area contributed by atoms with Crippen molar-refractivity contribution in [3.8, 4) is 0 Å². The highest BCUT2D eigenvalue weighted by Gasteiger charge is 2.33. The van der Waals surface area contributed by atoms with Crippen LogP contribution >= 0.6 is 0 Å². The SMILES string of the molecule is C=C(NC(CCC(C)(C)C(C)(C)C)C(C)=O)OC(C)(C)C. The second-order valence-corrected chi connectivity index (χ2v) is 8.62. The molecule has 0 heterocycles.